The van der Waals surface area contributed by atoms with Crippen LogP contribution in [0.15, 0.2) is 42.6 Å². The lowest BCUT2D eigenvalue weighted by molar-refractivity contribution is 0.0945. The number of nitrogens with one attached hydrogen (secondary N) is 2. The molecular weight excluding hydrogens is 302 g/mol. The molecule has 1 aromatic carbocycles. The van der Waals surface area contributed by atoms with Crippen LogP contribution in [0.5, 0.6) is 0 Å². The van der Waals surface area contributed by atoms with Crippen LogP contribution in [-0.2, 0) is 13.6 Å². The highest BCUT2D eigenvalue weighted by Gasteiger charge is 2.11. The Morgan fingerprint density at radius 3 is 2.77 bits per heavy atom. The summed E-state index contributed by atoms with van der Waals surface area (Å²) in [4.78, 5) is 12.1. The number of nitrogens with zero attached hydrogens (tertiary/aromatic N) is 3. The Morgan fingerprint density at radius 1 is 1.32 bits per heavy atom. The van der Waals surface area contributed by atoms with E-state index in [1.165, 1.54) is 0 Å². The van der Waals surface area contributed by atoms with Crippen molar-refractivity contribution in [3.05, 3.63) is 59.0 Å². The van der Waals surface area contributed by atoms with Crippen LogP contribution in [0.3, 0.4) is 0 Å². The van der Waals surface area contributed by atoms with Gasteiger partial charge in [-0.05, 0) is 24.3 Å². The highest BCUT2D eigenvalue weighted by Crippen LogP contribution is 2.20. The summed E-state index contributed by atoms with van der Waals surface area (Å²) < 4.78 is 1.69. The molecule has 2 N–H and O–H groups in total. The van der Waals surface area contributed by atoms with Gasteiger partial charge in [0.05, 0.1) is 17.9 Å². The number of carbonyl (C=O) groups excluding carboxylic acids is 1. The van der Waals surface area contributed by atoms with E-state index in [2.05, 4.69) is 20.6 Å². The van der Waals surface area contributed by atoms with Gasteiger partial charge in [-0.1, -0.05) is 23.7 Å². The predicted octanol–water partition coefficient (Wildman–Crippen LogP) is 2.39. The third-order valence-electron chi connectivity index (χ3n) is 3.16. The van der Waals surface area contributed by atoms with Crippen LogP contribution in [-0.4, -0.2) is 25.9 Å². The third kappa shape index (κ3) is 3.17. The molecule has 0 bridgehead atoms. The molecule has 2 aromatic heterocycles. The number of benzene rings is 1. The Bertz CT molecular complexity index is 790. The van der Waals surface area contributed by atoms with Crippen molar-refractivity contribution in [1.82, 2.24) is 25.3 Å². The minimum absolute atomic E-state index is 0.224. The molecule has 3 aromatic rings. The van der Waals surface area contributed by atoms with Gasteiger partial charge in [-0.2, -0.15) is 10.2 Å². The lowest BCUT2D eigenvalue weighted by Gasteiger charge is -2.00. The van der Waals surface area contributed by atoms with E-state index >= 15 is 0 Å². The smallest absolute Gasteiger partial charge is 0.269 e. The molecule has 0 fully saturated rings. The quantitative estimate of drug-likeness (QED) is 0.776. The first-order chi connectivity index (χ1) is 10.6. The van der Waals surface area contributed by atoms with E-state index in [0.29, 0.717) is 23.0 Å². The molecule has 2 heterocycles. The Morgan fingerprint density at radius 2 is 2.09 bits per heavy atom. The van der Waals surface area contributed by atoms with Gasteiger partial charge in [0.15, 0.2) is 0 Å². The monoisotopic (exact) mass is 315 g/mol. The van der Waals surface area contributed by atoms with Crippen molar-refractivity contribution in [3.8, 4) is 11.3 Å². The zero-order valence-electron chi connectivity index (χ0n) is 11.9. The number of aryl methyl sites for hydroxylation is 1. The standard InChI is InChI=1S/C15H14ClN5O/c1-21-7-6-12(20-21)9-17-15(22)14-8-13(18-19-14)10-2-4-11(16)5-3-10/h2-8H,9H2,1H3,(H,17,22)(H,18,19). The average Bonchev–Trinajstić information content (AvgIpc) is 3.15. The lowest BCUT2D eigenvalue weighted by Crippen LogP contribution is -2.23. The molecule has 3 rings (SSSR count). The Hall–Kier alpha value is -2.60. The van der Waals surface area contributed by atoms with Crippen LogP contribution in [0, 0.1) is 0 Å². The summed E-state index contributed by atoms with van der Waals surface area (Å²) >= 11 is 5.86. The third-order valence-corrected chi connectivity index (χ3v) is 3.41. The first kappa shape index (κ1) is 14.3. The molecular formula is C15H14ClN5O. The number of aromatic amines is 1. The van der Waals surface area contributed by atoms with E-state index in [0.717, 1.165) is 11.3 Å². The minimum atomic E-state index is -0.224. The molecule has 0 aliphatic heterocycles. The van der Waals surface area contributed by atoms with E-state index in [1.54, 1.807) is 22.9 Å². The zero-order chi connectivity index (χ0) is 15.5. The van der Waals surface area contributed by atoms with Gasteiger partial charge in [-0.3, -0.25) is 14.6 Å². The molecule has 1 amide bonds. The van der Waals surface area contributed by atoms with Gasteiger partial charge in [0, 0.05) is 23.8 Å². The van der Waals surface area contributed by atoms with E-state index in [-0.39, 0.29) is 5.91 Å². The van der Waals surface area contributed by atoms with Crippen molar-refractivity contribution in [2.45, 2.75) is 6.54 Å². The molecule has 0 aliphatic carbocycles. The molecule has 0 aliphatic rings. The van der Waals surface area contributed by atoms with Crippen LogP contribution in [0.25, 0.3) is 11.3 Å². The highest BCUT2D eigenvalue weighted by atomic mass is 35.5. The maximum atomic E-state index is 12.1. The number of hydrogen-bond donors (Lipinski definition) is 2. The van der Waals surface area contributed by atoms with Crippen LogP contribution in [0.1, 0.15) is 16.2 Å². The fourth-order valence-electron chi connectivity index (χ4n) is 2.03. The Balaban J connectivity index is 1.67. The van der Waals surface area contributed by atoms with Gasteiger partial charge in [0.1, 0.15) is 5.69 Å². The van der Waals surface area contributed by atoms with Crippen LogP contribution < -0.4 is 5.32 Å². The van der Waals surface area contributed by atoms with E-state index < -0.39 is 0 Å². The summed E-state index contributed by atoms with van der Waals surface area (Å²) in [5, 5.41) is 14.5. The molecule has 7 heteroatoms. The van der Waals surface area contributed by atoms with Gasteiger partial charge in [-0.15, -0.1) is 0 Å². The van der Waals surface area contributed by atoms with Crippen molar-refractivity contribution in [2.24, 2.45) is 7.05 Å². The maximum absolute atomic E-state index is 12.1. The average molecular weight is 316 g/mol. The number of halogens is 1. The van der Waals surface area contributed by atoms with Crippen molar-refractivity contribution in [3.63, 3.8) is 0 Å². The molecule has 0 unspecified atom stereocenters. The number of aromatic nitrogens is 4. The van der Waals surface area contributed by atoms with Gasteiger partial charge in [0.2, 0.25) is 0 Å². The molecule has 112 valence electrons. The Labute approximate surface area is 132 Å². The molecule has 6 nitrogen and oxygen atoms in total. The van der Waals surface area contributed by atoms with Gasteiger partial charge < -0.3 is 5.32 Å². The number of amides is 1. The summed E-state index contributed by atoms with van der Waals surface area (Å²) in [6.07, 6.45) is 1.83. The SMILES string of the molecule is Cn1ccc(CNC(=O)c2cc(-c3ccc(Cl)cc3)n[nH]2)n1. The number of H-pyrrole nitrogens is 1. The highest BCUT2D eigenvalue weighted by molar-refractivity contribution is 6.30. The fraction of sp³-hybridized carbons (Fsp3) is 0.133. The van der Waals surface area contributed by atoms with Crippen molar-refractivity contribution in [2.75, 3.05) is 0 Å². The molecule has 0 spiro atoms. The van der Waals surface area contributed by atoms with Crippen LogP contribution >= 0.6 is 11.6 Å². The number of carbonyl (C=O) groups is 1. The predicted molar refractivity (Wildman–Crippen MR) is 83.4 cm³/mol. The summed E-state index contributed by atoms with van der Waals surface area (Å²) in [6, 6.07) is 10.8. The normalized spacial score (nSPS) is 10.6. The second-order valence-electron chi connectivity index (χ2n) is 4.84. The van der Waals surface area contributed by atoms with Gasteiger partial charge >= 0.3 is 0 Å². The largest absolute Gasteiger partial charge is 0.345 e. The number of rotatable bonds is 4. The molecule has 0 radical (unpaired) electrons. The summed E-state index contributed by atoms with van der Waals surface area (Å²) in [7, 11) is 1.83. The van der Waals surface area contributed by atoms with E-state index in [1.807, 2.05) is 31.4 Å². The van der Waals surface area contributed by atoms with Gasteiger partial charge in [0.25, 0.3) is 5.91 Å². The van der Waals surface area contributed by atoms with Crippen molar-refractivity contribution >= 4 is 17.5 Å². The van der Waals surface area contributed by atoms with Crippen molar-refractivity contribution < 1.29 is 4.79 Å². The number of hydrogen-bond acceptors (Lipinski definition) is 3. The van der Waals surface area contributed by atoms with Crippen LogP contribution in [0.4, 0.5) is 0 Å². The first-order valence-corrected chi connectivity index (χ1v) is 7.08. The first-order valence-electron chi connectivity index (χ1n) is 6.70. The zero-order valence-corrected chi connectivity index (χ0v) is 12.6. The summed E-state index contributed by atoms with van der Waals surface area (Å²) in [6.45, 7) is 0.370. The molecule has 0 saturated carbocycles. The topological polar surface area (TPSA) is 75.6 Å². The Kier molecular flexibility index (Phi) is 3.93. The molecule has 0 atom stereocenters. The van der Waals surface area contributed by atoms with Crippen LogP contribution in [0.2, 0.25) is 5.02 Å². The fourth-order valence-corrected chi connectivity index (χ4v) is 2.16. The minimum Gasteiger partial charge on any atom is -0.345 e. The van der Waals surface area contributed by atoms with Crippen molar-refractivity contribution in [1.29, 1.82) is 0 Å². The van der Waals surface area contributed by atoms with E-state index in [9.17, 15) is 4.79 Å². The lowest BCUT2D eigenvalue weighted by atomic mass is 10.1. The molecule has 22 heavy (non-hydrogen) atoms. The maximum Gasteiger partial charge on any atom is 0.269 e. The van der Waals surface area contributed by atoms with Gasteiger partial charge in [-0.25, -0.2) is 0 Å². The molecule has 0 saturated heterocycles. The summed E-state index contributed by atoms with van der Waals surface area (Å²) in [5.74, 6) is -0.224. The second-order valence-corrected chi connectivity index (χ2v) is 5.27. The summed E-state index contributed by atoms with van der Waals surface area (Å²) in [5.41, 5.74) is 2.79. The second kappa shape index (κ2) is 6.03. The van der Waals surface area contributed by atoms with E-state index in [4.69, 9.17) is 11.6 Å².